The summed E-state index contributed by atoms with van der Waals surface area (Å²) in [6.07, 6.45) is 3.71. The molecule has 1 spiro atoms. The fourth-order valence-electron chi connectivity index (χ4n) is 2.93. The van der Waals surface area contributed by atoms with E-state index in [1.807, 2.05) is 19.9 Å². The zero-order valence-electron chi connectivity index (χ0n) is 11.2. The van der Waals surface area contributed by atoms with Crippen LogP contribution in [0.2, 0.25) is 0 Å². The van der Waals surface area contributed by atoms with Crippen LogP contribution < -0.4 is 0 Å². The Morgan fingerprint density at radius 3 is 2.00 bits per heavy atom. The minimum atomic E-state index is -0.907. The molecular weight excluding hydrogens is 203 g/mol. The third-order valence-corrected chi connectivity index (χ3v) is 4.86. The van der Waals surface area contributed by atoms with Crippen LogP contribution >= 0.6 is 0 Å². The first kappa shape index (κ1) is 12.1. The molecule has 1 aliphatic carbocycles. The second-order valence-corrected chi connectivity index (χ2v) is 7.02. The first-order valence-corrected chi connectivity index (χ1v) is 6.09. The highest BCUT2D eigenvalue weighted by molar-refractivity contribution is 5.29. The molecule has 1 saturated heterocycles. The summed E-state index contributed by atoms with van der Waals surface area (Å²) in [5.74, 6) is 0. The standard InChI is InChI=1S/C14H23FO/c1-11(2)7-8-14(10(15)9-11)12(3,4)13(5,6)16-14/h7-8,10H,9H2,1-6H3. The lowest BCUT2D eigenvalue weighted by atomic mass is 9.54. The molecule has 1 heterocycles. The van der Waals surface area contributed by atoms with Gasteiger partial charge in [-0.15, -0.1) is 0 Å². The van der Waals surface area contributed by atoms with E-state index in [-0.39, 0.29) is 16.4 Å². The Morgan fingerprint density at radius 1 is 1.06 bits per heavy atom. The molecule has 0 aromatic heterocycles. The van der Waals surface area contributed by atoms with Gasteiger partial charge in [0, 0.05) is 5.41 Å². The quantitative estimate of drug-likeness (QED) is 0.569. The Hall–Kier alpha value is -0.370. The molecule has 0 radical (unpaired) electrons. The zero-order valence-corrected chi connectivity index (χ0v) is 11.2. The molecule has 0 aromatic rings. The van der Waals surface area contributed by atoms with E-state index >= 15 is 0 Å². The van der Waals surface area contributed by atoms with E-state index in [4.69, 9.17) is 4.74 Å². The summed E-state index contributed by atoms with van der Waals surface area (Å²) in [5, 5.41) is 0. The molecule has 2 unspecified atom stereocenters. The van der Waals surface area contributed by atoms with Gasteiger partial charge in [0.15, 0.2) is 0 Å². The summed E-state index contributed by atoms with van der Waals surface area (Å²) in [4.78, 5) is 0. The van der Waals surface area contributed by atoms with E-state index in [1.54, 1.807) is 0 Å². The van der Waals surface area contributed by atoms with Gasteiger partial charge in [0.25, 0.3) is 0 Å². The fraction of sp³-hybridized carbons (Fsp3) is 0.857. The van der Waals surface area contributed by atoms with Gasteiger partial charge >= 0.3 is 0 Å². The largest absolute Gasteiger partial charge is 0.361 e. The maximum Gasteiger partial charge on any atom is 0.134 e. The van der Waals surface area contributed by atoms with Gasteiger partial charge in [-0.2, -0.15) is 0 Å². The fourth-order valence-corrected chi connectivity index (χ4v) is 2.93. The zero-order chi connectivity index (χ0) is 12.4. The molecular formula is C14H23FO. The number of halogens is 1. The van der Waals surface area contributed by atoms with Crippen LogP contribution in [0.1, 0.15) is 48.0 Å². The minimum Gasteiger partial charge on any atom is -0.361 e. The average Bonchev–Trinajstić information content (AvgIpc) is 2.08. The number of rotatable bonds is 0. The molecule has 1 aliphatic heterocycles. The second kappa shape index (κ2) is 2.90. The Morgan fingerprint density at radius 2 is 1.62 bits per heavy atom. The summed E-state index contributed by atoms with van der Waals surface area (Å²) in [6.45, 7) is 12.4. The third kappa shape index (κ3) is 1.25. The van der Waals surface area contributed by atoms with Crippen molar-refractivity contribution in [3.05, 3.63) is 12.2 Å². The van der Waals surface area contributed by atoms with Gasteiger partial charge in [-0.25, -0.2) is 4.39 Å². The molecule has 1 fully saturated rings. The van der Waals surface area contributed by atoms with E-state index in [2.05, 4.69) is 33.8 Å². The Labute approximate surface area is 98.1 Å². The molecule has 0 saturated carbocycles. The van der Waals surface area contributed by atoms with Crippen LogP contribution in [0.4, 0.5) is 4.39 Å². The lowest BCUT2D eigenvalue weighted by Gasteiger charge is -2.67. The van der Waals surface area contributed by atoms with E-state index in [9.17, 15) is 4.39 Å². The van der Waals surface area contributed by atoms with Crippen LogP contribution in [-0.4, -0.2) is 17.4 Å². The molecule has 2 rings (SSSR count). The summed E-state index contributed by atoms with van der Waals surface area (Å²) in [7, 11) is 0. The van der Waals surface area contributed by atoms with Crippen molar-refractivity contribution in [1.82, 2.24) is 0 Å². The monoisotopic (exact) mass is 226 g/mol. The molecule has 0 amide bonds. The molecule has 2 heteroatoms. The van der Waals surface area contributed by atoms with Gasteiger partial charge in [-0.3, -0.25) is 0 Å². The first-order chi connectivity index (χ1) is 7.04. The van der Waals surface area contributed by atoms with Gasteiger partial charge in [0.1, 0.15) is 11.8 Å². The van der Waals surface area contributed by atoms with E-state index in [1.165, 1.54) is 0 Å². The van der Waals surface area contributed by atoms with Gasteiger partial charge in [0.05, 0.1) is 5.60 Å². The lowest BCUT2D eigenvalue weighted by molar-refractivity contribution is -0.355. The van der Waals surface area contributed by atoms with E-state index < -0.39 is 11.8 Å². The van der Waals surface area contributed by atoms with Crippen molar-refractivity contribution in [1.29, 1.82) is 0 Å². The Kier molecular flexibility index (Phi) is 2.19. The normalized spacial score (nSPS) is 43.1. The smallest absolute Gasteiger partial charge is 0.134 e. The highest BCUT2D eigenvalue weighted by Gasteiger charge is 2.69. The summed E-state index contributed by atoms with van der Waals surface area (Å²) < 4.78 is 20.4. The van der Waals surface area contributed by atoms with Crippen molar-refractivity contribution in [2.75, 3.05) is 0 Å². The van der Waals surface area contributed by atoms with Gasteiger partial charge in [-0.05, 0) is 25.7 Å². The highest BCUT2D eigenvalue weighted by Crippen LogP contribution is 2.62. The number of allylic oxidation sites excluding steroid dienone is 1. The molecule has 0 bridgehead atoms. The van der Waals surface area contributed by atoms with Crippen molar-refractivity contribution in [2.24, 2.45) is 10.8 Å². The molecule has 2 atom stereocenters. The van der Waals surface area contributed by atoms with Gasteiger partial charge < -0.3 is 4.74 Å². The van der Waals surface area contributed by atoms with Crippen molar-refractivity contribution < 1.29 is 9.13 Å². The van der Waals surface area contributed by atoms with Crippen LogP contribution in [0.15, 0.2) is 12.2 Å². The molecule has 92 valence electrons. The molecule has 16 heavy (non-hydrogen) atoms. The van der Waals surface area contributed by atoms with E-state index in [0.717, 1.165) is 0 Å². The number of hydrogen-bond acceptors (Lipinski definition) is 1. The topological polar surface area (TPSA) is 9.23 Å². The molecule has 2 aliphatic rings. The number of hydrogen-bond donors (Lipinski definition) is 0. The average molecular weight is 226 g/mol. The van der Waals surface area contributed by atoms with Crippen LogP contribution in [-0.2, 0) is 4.74 Å². The summed E-state index contributed by atoms with van der Waals surface area (Å²) in [5.41, 5.74) is -1.16. The SMILES string of the molecule is CC1(C)C=CC2(OC(C)(C)C2(C)C)C(F)C1. The number of alkyl halides is 1. The van der Waals surface area contributed by atoms with Crippen LogP contribution in [0.3, 0.4) is 0 Å². The van der Waals surface area contributed by atoms with Crippen molar-refractivity contribution >= 4 is 0 Å². The molecule has 1 nitrogen and oxygen atoms in total. The Balaban J connectivity index is 2.37. The van der Waals surface area contributed by atoms with E-state index in [0.29, 0.717) is 6.42 Å². The maximum atomic E-state index is 14.4. The number of ether oxygens (including phenoxy) is 1. The van der Waals surface area contributed by atoms with Gasteiger partial charge in [-0.1, -0.05) is 39.8 Å². The summed E-state index contributed by atoms with van der Waals surface area (Å²) in [6, 6.07) is 0. The second-order valence-electron chi connectivity index (χ2n) is 7.02. The molecule has 0 N–H and O–H groups in total. The summed E-state index contributed by atoms with van der Waals surface area (Å²) >= 11 is 0. The lowest BCUT2D eigenvalue weighted by Crippen LogP contribution is -2.75. The highest BCUT2D eigenvalue weighted by atomic mass is 19.1. The predicted molar refractivity (Wildman–Crippen MR) is 64.1 cm³/mol. The first-order valence-electron chi connectivity index (χ1n) is 6.09. The third-order valence-electron chi connectivity index (χ3n) is 4.86. The van der Waals surface area contributed by atoms with Crippen molar-refractivity contribution in [3.63, 3.8) is 0 Å². The molecule has 0 aromatic carbocycles. The minimum absolute atomic E-state index is 0.0517. The van der Waals surface area contributed by atoms with Crippen LogP contribution in [0.5, 0.6) is 0 Å². The van der Waals surface area contributed by atoms with Crippen molar-refractivity contribution in [2.45, 2.75) is 65.3 Å². The van der Waals surface area contributed by atoms with Gasteiger partial charge in [0.2, 0.25) is 0 Å². The predicted octanol–water partition coefficient (Wildman–Crippen LogP) is 3.88. The van der Waals surface area contributed by atoms with Crippen LogP contribution in [0.25, 0.3) is 0 Å². The maximum absolute atomic E-state index is 14.4. The Bertz CT molecular complexity index is 341. The van der Waals surface area contributed by atoms with Crippen LogP contribution in [0, 0.1) is 10.8 Å². The van der Waals surface area contributed by atoms with Crippen molar-refractivity contribution in [3.8, 4) is 0 Å².